The van der Waals surface area contributed by atoms with Crippen LogP contribution in [0.25, 0.3) is 11.4 Å². The molecular weight excluding hydrogens is 356 g/mol. The van der Waals surface area contributed by atoms with Gasteiger partial charge in [0.25, 0.3) is 0 Å². The van der Waals surface area contributed by atoms with E-state index >= 15 is 0 Å². The Hall–Kier alpha value is -2.45. The maximum absolute atomic E-state index is 11.9. The third-order valence-corrected chi connectivity index (χ3v) is 3.42. The van der Waals surface area contributed by atoms with Gasteiger partial charge in [0.15, 0.2) is 5.82 Å². The van der Waals surface area contributed by atoms with E-state index in [1.54, 1.807) is 12.1 Å². The molecule has 5 N–H and O–H groups in total. The first-order valence-electron chi connectivity index (χ1n) is 8.26. The lowest BCUT2D eigenvalue weighted by molar-refractivity contribution is -0.121. The summed E-state index contributed by atoms with van der Waals surface area (Å²) < 4.78 is 0. The molecule has 1 heterocycles. The lowest BCUT2D eigenvalue weighted by Gasteiger charge is -2.08. The molecule has 142 valence electrons. The van der Waals surface area contributed by atoms with Gasteiger partial charge in [-0.05, 0) is 30.2 Å². The second kappa shape index (κ2) is 10.5. The monoisotopic (exact) mass is 380 g/mol. The maximum Gasteiger partial charge on any atom is 0.226 e. The molecule has 1 aromatic heterocycles. The standard InChI is InChI=1S/C17H24N6O2.ClH/c1-11(2)9-16(25)19-8-7-15(24)20-13-5-3-12(4-6-13)17-21-14(10-18)22-23-17;/h3-6,11H,7-10,18H2,1-2H3,(H,19,25)(H,20,24)(H,21,22,23);1H. The lowest BCUT2D eigenvalue weighted by Crippen LogP contribution is -2.28. The topological polar surface area (TPSA) is 126 Å². The molecule has 0 atom stereocenters. The smallest absolute Gasteiger partial charge is 0.226 e. The Morgan fingerprint density at radius 1 is 1.19 bits per heavy atom. The van der Waals surface area contributed by atoms with E-state index in [2.05, 4.69) is 25.8 Å². The minimum Gasteiger partial charge on any atom is -0.356 e. The second-order valence-corrected chi connectivity index (χ2v) is 6.13. The molecule has 2 aromatic rings. The normalized spacial score (nSPS) is 10.3. The van der Waals surface area contributed by atoms with Crippen LogP contribution in [-0.2, 0) is 16.1 Å². The predicted octanol–water partition coefficient (Wildman–Crippen LogP) is 1.84. The van der Waals surface area contributed by atoms with Crippen LogP contribution in [0.2, 0.25) is 0 Å². The molecule has 0 unspecified atom stereocenters. The zero-order chi connectivity index (χ0) is 18.2. The average molecular weight is 381 g/mol. The third-order valence-electron chi connectivity index (χ3n) is 3.42. The Balaban J connectivity index is 0.00000338. The van der Waals surface area contributed by atoms with E-state index in [-0.39, 0.29) is 30.6 Å². The van der Waals surface area contributed by atoms with Gasteiger partial charge < -0.3 is 16.4 Å². The number of H-pyrrole nitrogens is 1. The Morgan fingerprint density at radius 2 is 1.88 bits per heavy atom. The molecule has 0 saturated carbocycles. The highest BCUT2D eigenvalue weighted by Crippen LogP contribution is 2.18. The molecule has 2 rings (SSSR count). The summed E-state index contributed by atoms with van der Waals surface area (Å²) in [5, 5.41) is 12.4. The fourth-order valence-electron chi connectivity index (χ4n) is 2.20. The number of hydrogen-bond donors (Lipinski definition) is 4. The van der Waals surface area contributed by atoms with Crippen molar-refractivity contribution >= 4 is 29.9 Å². The molecule has 0 fully saturated rings. The van der Waals surface area contributed by atoms with Crippen LogP contribution in [0.1, 0.15) is 32.5 Å². The van der Waals surface area contributed by atoms with E-state index in [4.69, 9.17) is 5.73 Å². The van der Waals surface area contributed by atoms with Crippen LogP contribution in [0.15, 0.2) is 24.3 Å². The zero-order valence-corrected chi connectivity index (χ0v) is 15.7. The van der Waals surface area contributed by atoms with E-state index in [9.17, 15) is 9.59 Å². The maximum atomic E-state index is 11.9. The first-order chi connectivity index (χ1) is 12.0. The minimum atomic E-state index is -0.152. The molecule has 0 aliphatic heterocycles. The second-order valence-electron chi connectivity index (χ2n) is 6.13. The van der Waals surface area contributed by atoms with Crippen LogP contribution in [0.4, 0.5) is 5.69 Å². The molecular formula is C17H25ClN6O2. The number of halogens is 1. The van der Waals surface area contributed by atoms with E-state index < -0.39 is 0 Å². The number of amides is 2. The van der Waals surface area contributed by atoms with Crippen molar-refractivity contribution in [1.82, 2.24) is 20.5 Å². The van der Waals surface area contributed by atoms with Crippen molar-refractivity contribution in [2.75, 3.05) is 11.9 Å². The Labute approximate surface area is 158 Å². The molecule has 26 heavy (non-hydrogen) atoms. The van der Waals surface area contributed by atoms with Crippen molar-refractivity contribution in [3.8, 4) is 11.4 Å². The lowest BCUT2D eigenvalue weighted by atomic mass is 10.1. The molecule has 9 heteroatoms. The molecule has 2 amide bonds. The number of carbonyl (C=O) groups is 2. The Kier molecular flexibility index (Phi) is 8.74. The highest BCUT2D eigenvalue weighted by molar-refractivity contribution is 5.91. The van der Waals surface area contributed by atoms with Crippen molar-refractivity contribution in [3.63, 3.8) is 0 Å². The SMILES string of the molecule is CC(C)CC(=O)NCCC(=O)Nc1ccc(-c2n[nH]c(CN)n2)cc1.Cl. The molecule has 0 aliphatic carbocycles. The van der Waals surface area contributed by atoms with Gasteiger partial charge in [-0.25, -0.2) is 4.98 Å². The number of rotatable bonds is 8. The fraction of sp³-hybridized carbons (Fsp3) is 0.412. The molecule has 1 aromatic carbocycles. The summed E-state index contributed by atoms with van der Waals surface area (Å²) in [5.41, 5.74) is 7.00. The molecule has 0 bridgehead atoms. The minimum absolute atomic E-state index is 0. The number of aromatic nitrogens is 3. The van der Waals surface area contributed by atoms with Crippen molar-refractivity contribution in [2.24, 2.45) is 11.7 Å². The summed E-state index contributed by atoms with van der Waals surface area (Å²) in [7, 11) is 0. The van der Waals surface area contributed by atoms with Crippen LogP contribution >= 0.6 is 12.4 Å². The van der Waals surface area contributed by atoms with Gasteiger partial charge in [-0.1, -0.05) is 13.8 Å². The van der Waals surface area contributed by atoms with Crippen LogP contribution in [-0.4, -0.2) is 33.5 Å². The summed E-state index contributed by atoms with van der Waals surface area (Å²) in [4.78, 5) is 27.7. The Morgan fingerprint density at radius 3 is 2.46 bits per heavy atom. The molecule has 0 aliphatic rings. The summed E-state index contributed by atoms with van der Waals surface area (Å²) >= 11 is 0. The molecule has 0 spiro atoms. The van der Waals surface area contributed by atoms with Crippen LogP contribution in [0.5, 0.6) is 0 Å². The largest absolute Gasteiger partial charge is 0.356 e. The quantitative estimate of drug-likeness (QED) is 0.556. The molecule has 8 nitrogen and oxygen atoms in total. The van der Waals surface area contributed by atoms with Crippen LogP contribution in [0.3, 0.4) is 0 Å². The molecule has 0 saturated heterocycles. The number of nitrogens with zero attached hydrogens (tertiary/aromatic N) is 2. The average Bonchev–Trinajstić information content (AvgIpc) is 3.04. The van der Waals surface area contributed by atoms with E-state index in [1.165, 1.54) is 0 Å². The zero-order valence-electron chi connectivity index (χ0n) is 14.9. The number of hydrogen-bond acceptors (Lipinski definition) is 5. The van der Waals surface area contributed by atoms with Gasteiger partial charge in [-0.2, -0.15) is 5.10 Å². The summed E-state index contributed by atoms with van der Waals surface area (Å²) in [6, 6.07) is 7.21. The van der Waals surface area contributed by atoms with Gasteiger partial charge in [0.2, 0.25) is 11.8 Å². The van der Waals surface area contributed by atoms with E-state index in [0.29, 0.717) is 42.8 Å². The van der Waals surface area contributed by atoms with Crippen molar-refractivity contribution < 1.29 is 9.59 Å². The summed E-state index contributed by atoms with van der Waals surface area (Å²) in [6.07, 6.45) is 0.697. The summed E-state index contributed by atoms with van der Waals surface area (Å²) in [5.74, 6) is 1.30. The molecule has 0 radical (unpaired) electrons. The highest BCUT2D eigenvalue weighted by atomic mass is 35.5. The van der Waals surface area contributed by atoms with Crippen molar-refractivity contribution in [3.05, 3.63) is 30.1 Å². The number of nitrogens with two attached hydrogens (primary N) is 1. The predicted molar refractivity (Wildman–Crippen MR) is 103 cm³/mol. The summed E-state index contributed by atoms with van der Waals surface area (Å²) in [6.45, 7) is 4.58. The van der Waals surface area contributed by atoms with Gasteiger partial charge in [0, 0.05) is 30.6 Å². The number of aromatic amines is 1. The fourth-order valence-corrected chi connectivity index (χ4v) is 2.20. The van der Waals surface area contributed by atoms with Crippen LogP contribution in [0, 0.1) is 5.92 Å². The van der Waals surface area contributed by atoms with Gasteiger partial charge in [0.05, 0.1) is 6.54 Å². The number of anilines is 1. The van der Waals surface area contributed by atoms with Crippen molar-refractivity contribution in [1.29, 1.82) is 0 Å². The van der Waals surface area contributed by atoms with Gasteiger partial charge in [-0.3, -0.25) is 14.7 Å². The number of carbonyl (C=O) groups excluding carboxylic acids is 2. The number of benzene rings is 1. The first-order valence-corrected chi connectivity index (χ1v) is 8.26. The van der Waals surface area contributed by atoms with Gasteiger partial charge in [0.1, 0.15) is 5.82 Å². The highest BCUT2D eigenvalue weighted by Gasteiger charge is 2.08. The van der Waals surface area contributed by atoms with Gasteiger partial charge in [-0.15, -0.1) is 12.4 Å². The Bertz CT molecular complexity index is 714. The van der Waals surface area contributed by atoms with E-state index in [0.717, 1.165) is 5.56 Å². The third kappa shape index (κ3) is 6.81. The number of nitrogens with one attached hydrogen (secondary N) is 3. The van der Waals surface area contributed by atoms with E-state index in [1.807, 2.05) is 26.0 Å². The van der Waals surface area contributed by atoms with Crippen molar-refractivity contribution in [2.45, 2.75) is 33.2 Å². The van der Waals surface area contributed by atoms with Crippen LogP contribution < -0.4 is 16.4 Å². The first kappa shape index (κ1) is 21.6. The van der Waals surface area contributed by atoms with Gasteiger partial charge >= 0.3 is 0 Å².